The van der Waals surface area contributed by atoms with Gasteiger partial charge in [0.15, 0.2) is 11.4 Å². The normalized spacial score (nSPS) is 25.4. The molecule has 0 aromatic rings. The second-order valence-electron chi connectivity index (χ2n) is 4.29. The van der Waals surface area contributed by atoms with Crippen LogP contribution in [-0.4, -0.2) is 42.9 Å². The lowest BCUT2D eigenvalue weighted by Crippen LogP contribution is -2.44. The van der Waals surface area contributed by atoms with Crippen LogP contribution in [0.5, 0.6) is 0 Å². The lowest BCUT2D eigenvalue weighted by Gasteiger charge is -2.29. The number of carbonyl (C=O) groups is 1. The van der Waals surface area contributed by atoms with E-state index in [0.29, 0.717) is 25.4 Å². The van der Waals surface area contributed by atoms with Crippen molar-refractivity contribution in [3.63, 3.8) is 0 Å². The van der Waals surface area contributed by atoms with Gasteiger partial charge in [-0.25, -0.2) is 0 Å². The zero-order chi connectivity index (χ0) is 13.9. The minimum absolute atomic E-state index is 0.258. The van der Waals surface area contributed by atoms with Crippen molar-refractivity contribution >= 4 is 5.78 Å². The number of rotatable bonds is 6. The van der Waals surface area contributed by atoms with Gasteiger partial charge in [-0.2, -0.15) is 0 Å². The van der Waals surface area contributed by atoms with Crippen molar-refractivity contribution in [3.8, 4) is 0 Å². The first kappa shape index (κ1) is 14.0. The van der Waals surface area contributed by atoms with E-state index in [1.807, 2.05) is 6.92 Å². The number of aliphatic hydroxyl groups is 1. The molecule has 0 aromatic carbocycles. The fraction of sp³-hybridized carbons (Fsp3) is 0.500. The first-order valence-corrected chi connectivity index (χ1v) is 6.34. The highest BCUT2D eigenvalue weighted by Gasteiger charge is 2.49. The van der Waals surface area contributed by atoms with Crippen LogP contribution < -0.4 is 0 Å². The Morgan fingerprint density at radius 1 is 1.32 bits per heavy atom. The van der Waals surface area contributed by atoms with Gasteiger partial charge in [-0.1, -0.05) is 0 Å². The van der Waals surface area contributed by atoms with E-state index in [9.17, 15) is 9.90 Å². The molecule has 1 N–H and O–H groups in total. The van der Waals surface area contributed by atoms with Gasteiger partial charge in [-0.15, -0.1) is 0 Å². The zero-order valence-electron chi connectivity index (χ0n) is 11.1. The quantitative estimate of drug-likeness (QED) is 0.780. The molecule has 0 radical (unpaired) electrons. The van der Waals surface area contributed by atoms with Gasteiger partial charge in [0.05, 0.1) is 25.7 Å². The Bertz CT molecular complexity index is 460. The molecule has 1 aliphatic carbocycles. The largest absolute Gasteiger partial charge is 0.472 e. The number of aliphatic hydroxyl groups excluding tert-OH is 1. The van der Waals surface area contributed by atoms with Crippen LogP contribution in [0.15, 0.2) is 35.3 Å². The molecule has 0 saturated heterocycles. The van der Waals surface area contributed by atoms with Gasteiger partial charge < -0.3 is 19.3 Å². The molecular weight excluding hydrogens is 248 g/mol. The summed E-state index contributed by atoms with van der Waals surface area (Å²) in [6.45, 7) is 4.54. The van der Waals surface area contributed by atoms with Crippen LogP contribution >= 0.6 is 0 Å². The molecule has 2 aliphatic rings. The summed E-state index contributed by atoms with van der Waals surface area (Å²) < 4.78 is 16.1. The van der Waals surface area contributed by atoms with Crippen LogP contribution in [0.2, 0.25) is 0 Å². The van der Waals surface area contributed by atoms with E-state index in [2.05, 4.69) is 0 Å². The number of ketones is 1. The molecule has 0 unspecified atom stereocenters. The molecule has 0 amide bonds. The fourth-order valence-electron chi connectivity index (χ4n) is 2.28. The van der Waals surface area contributed by atoms with Crippen molar-refractivity contribution in [2.75, 3.05) is 26.4 Å². The second-order valence-corrected chi connectivity index (χ2v) is 4.29. The first-order valence-electron chi connectivity index (χ1n) is 6.34. The molecular formula is C14H18O5. The topological polar surface area (TPSA) is 65.0 Å². The molecule has 0 bridgehead atoms. The average molecular weight is 266 g/mol. The molecule has 5 nitrogen and oxygen atoms in total. The summed E-state index contributed by atoms with van der Waals surface area (Å²) in [7, 11) is 0. The minimum atomic E-state index is -1.32. The molecule has 104 valence electrons. The minimum Gasteiger partial charge on any atom is -0.472 e. The van der Waals surface area contributed by atoms with Crippen LogP contribution in [0, 0.1) is 0 Å². The van der Waals surface area contributed by atoms with Gasteiger partial charge in [0, 0.05) is 24.4 Å². The first-order chi connectivity index (χ1) is 9.19. The zero-order valence-corrected chi connectivity index (χ0v) is 11.1. The maximum absolute atomic E-state index is 12.2. The third kappa shape index (κ3) is 2.25. The average Bonchev–Trinajstić information content (AvgIpc) is 2.71. The molecule has 1 aliphatic heterocycles. The van der Waals surface area contributed by atoms with Gasteiger partial charge in [0.25, 0.3) is 0 Å². The highest BCUT2D eigenvalue weighted by atomic mass is 16.5. The van der Waals surface area contributed by atoms with Crippen molar-refractivity contribution in [2.24, 2.45) is 0 Å². The highest BCUT2D eigenvalue weighted by Crippen LogP contribution is 2.41. The molecule has 5 heteroatoms. The highest BCUT2D eigenvalue weighted by molar-refractivity contribution is 6.07. The summed E-state index contributed by atoms with van der Waals surface area (Å²) >= 11 is 0. The molecule has 1 atom stereocenters. The molecule has 2 rings (SSSR count). The molecule has 0 aromatic heterocycles. The number of fused-ring (bicyclic) bond motifs is 1. The smallest absolute Gasteiger partial charge is 0.195 e. The molecule has 1 heterocycles. The van der Waals surface area contributed by atoms with Crippen LogP contribution in [0.1, 0.15) is 13.8 Å². The summed E-state index contributed by atoms with van der Waals surface area (Å²) in [5.74, 6) is -0.258. The fourth-order valence-corrected chi connectivity index (χ4v) is 2.28. The lowest BCUT2D eigenvalue weighted by molar-refractivity contribution is -0.137. The van der Waals surface area contributed by atoms with E-state index in [0.717, 1.165) is 11.1 Å². The maximum Gasteiger partial charge on any atom is 0.195 e. The summed E-state index contributed by atoms with van der Waals surface area (Å²) in [6.07, 6.45) is 4.50. The van der Waals surface area contributed by atoms with Crippen molar-refractivity contribution in [1.29, 1.82) is 0 Å². The van der Waals surface area contributed by atoms with E-state index in [1.165, 1.54) is 12.3 Å². The van der Waals surface area contributed by atoms with E-state index in [4.69, 9.17) is 14.2 Å². The summed E-state index contributed by atoms with van der Waals surface area (Å²) in [5, 5.41) is 9.59. The molecule has 0 fully saturated rings. The summed E-state index contributed by atoms with van der Waals surface area (Å²) in [4.78, 5) is 12.2. The third-order valence-electron chi connectivity index (χ3n) is 3.22. The van der Waals surface area contributed by atoms with E-state index in [1.54, 1.807) is 13.2 Å². The monoisotopic (exact) mass is 266 g/mol. The summed E-state index contributed by atoms with van der Waals surface area (Å²) in [6, 6.07) is 0. The molecule has 0 spiro atoms. The van der Waals surface area contributed by atoms with Gasteiger partial charge >= 0.3 is 0 Å². The molecule has 0 saturated carbocycles. The van der Waals surface area contributed by atoms with Crippen LogP contribution in [0.4, 0.5) is 0 Å². The van der Waals surface area contributed by atoms with Gasteiger partial charge in [0.2, 0.25) is 0 Å². The second kappa shape index (κ2) is 5.69. The van der Waals surface area contributed by atoms with Gasteiger partial charge in [0.1, 0.15) is 0 Å². The number of carbonyl (C=O) groups excluding carboxylic acids is 1. The Balaban J connectivity index is 2.30. The predicted octanol–water partition coefficient (Wildman–Crippen LogP) is 1.10. The van der Waals surface area contributed by atoms with Crippen LogP contribution in [-0.2, 0) is 19.0 Å². The Morgan fingerprint density at radius 3 is 2.74 bits per heavy atom. The van der Waals surface area contributed by atoms with Crippen molar-refractivity contribution in [1.82, 2.24) is 0 Å². The van der Waals surface area contributed by atoms with E-state index >= 15 is 0 Å². The third-order valence-corrected chi connectivity index (χ3v) is 3.22. The predicted molar refractivity (Wildman–Crippen MR) is 68.3 cm³/mol. The number of hydrogen-bond acceptors (Lipinski definition) is 5. The Kier molecular flexibility index (Phi) is 4.19. The van der Waals surface area contributed by atoms with Crippen molar-refractivity contribution < 1.29 is 24.1 Å². The van der Waals surface area contributed by atoms with Crippen LogP contribution in [0.3, 0.4) is 0 Å². The molecule has 19 heavy (non-hydrogen) atoms. The van der Waals surface area contributed by atoms with E-state index in [-0.39, 0.29) is 5.78 Å². The Morgan fingerprint density at radius 2 is 2.11 bits per heavy atom. The van der Waals surface area contributed by atoms with Gasteiger partial charge in [-0.3, -0.25) is 4.79 Å². The van der Waals surface area contributed by atoms with Crippen LogP contribution in [0.25, 0.3) is 0 Å². The number of ether oxygens (including phenoxy) is 3. The lowest BCUT2D eigenvalue weighted by atomic mass is 9.90. The van der Waals surface area contributed by atoms with Gasteiger partial charge in [-0.05, 0) is 25.5 Å². The van der Waals surface area contributed by atoms with E-state index < -0.39 is 12.2 Å². The maximum atomic E-state index is 12.2. The van der Waals surface area contributed by atoms with Crippen molar-refractivity contribution in [3.05, 3.63) is 35.3 Å². The van der Waals surface area contributed by atoms with Crippen molar-refractivity contribution in [2.45, 2.75) is 19.4 Å². The number of hydrogen-bond donors (Lipinski definition) is 1. The SMILES string of the molecule is CCOCC1=COC=C2C1=CC(=O)[C@@]2(CO)OCC. The standard InChI is InChI=1S/C14H18O5/c1-3-17-6-10-7-18-8-12-11(10)5-13(16)14(12,9-15)19-4-2/h5,7-8,15H,3-4,6,9H2,1-2H3/t14-/m0/s1. The Labute approximate surface area is 112 Å². The Hall–Kier alpha value is -1.43. The summed E-state index contributed by atoms with van der Waals surface area (Å²) in [5.41, 5.74) is 0.754.